The lowest BCUT2D eigenvalue weighted by Crippen LogP contribution is -2.59. The Morgan fingerprint density at radius 3 is 2.83 bits per heavy atom. The Bertz CT molecular complexity index is 474. The molecule has 98 valence electrons. The summed E-state index contributed by atoms with van der Waals surface area (Å²) in [6, 6.07) is 3.61. The van der Waals surface area contributed by atoms with Gasteiger partial charge in [0, 0.05) is 25.7 Å². The first-order valence-corrected chi connectivity index (χ1v) is 5.93. The molecular weight excluding hydrogens is 235 g/mol. The minimum absolute atomic E-state index is 0.00257. The number of phenolic OH excluding ortho intramolecular Hbond substituents is 1. The van der Waals surface area contributed by atoms with Crippen LogP contribution in [0.5, 0.6) is 5.75 Å². The summed E-state index contributed by atoms with van der Waals surface area (Å²) in [5.74, 6) is -1.20. The van der Waals surface area contributed by atoms with Crippen molar-refractivity contribution in [2.24, 2.45) is 0 Å². The van der Waals surface area contributed by atoms with Gasteiger partial charge in [-0.1, -0.05) is 0 Å². The van der Waals surface area contributed by atoms with E-state index in [1.165, 1.54) is 12.1 Å². The van der Waals surface area contributed by atoms with Gasteiger partial charge in [-0.15, -0.1) is 0 Å². The van der Waals surface area contributed by atoms with E-state index in [0.717, 1.165) is 6.07 Å². The van der Waals surface area contributed by atoms with Crippen molar-refractivity contribution in [2.45, 2.75) is 19.4 Å². The molecule has 0 bridgehead atoms. The van der Waals surface area contributed by atoms with Crippen LogP contribution in [0.4, 0.5) is 4.39 Å². The molecule has 1 aliphatic rings. The summed E-state index contributed by atoms with van der Waals surface area (Å²) in [7, 11) is 0. The fraction of sp³-hybridized carbons (Fsp3) is 0.462. The van der Waals surface area contributed by atoms with Gasteiger partial charge in [-0.2, -0.15) is 0 Å². The second kappa shape index (κ2) is 4.57. The van der Waals surface area contributed by atoms with Crippen LogP contribution in [0.15, 0.2) is 18.2 Å². The minimum Gasteiger partial charge on any atom is -0.508 e. The summed E-state index contributed by atoms with van der Waals surface area (Å²) in [6.45, 7) is 5.81. The largest absolute Gasteiger partial charge is 0.508 e. The van der Waals surface area contributed by atoms with Gasteiger partial charge in [0.05, 0.1) is 11.1 Å². The van der Waals surface area contributed by atoms with E-state index < -0.39 is 5.82 Å². The van der Waals surface area contributed by atoms with E-state index in [0.29, 0.717) is 19.6 Å². The van der Waals surface area contributed by atoms with E-state index in [9.17, 15) is 9.18 Å². The zero-order chi connectivity index (χ0) is 13.3. The molecule has 1 saturated heterocycles. The maximum absolute atomic E-state index is 13.7. The Kier molecular flexibility index (Phi) is 3.26. The highest BCUT2D eigenvalue weighted by molar-refractivity contribution is 5.95. The summed E-state index contributed by atoms with van der Waals surface area (Å²) in [4.78, 5) is 14.0. The van der Waals surface area contributed by atoms with Gasteiger partial charge in [0.1, 0.15) is 11.6 Å². The molecule has 1 fully saturated rings. The topological polar surface area (TPSA) is 52.6 Å². The lowest BCUT2D eigenvalue weighted by atomic mass is 9.98. The van der Waals surface area contributed by atoms with Crippen molar-refractivity contribution in [2.75, 3.05) is 19.6 Å². The Morgan fingerprint density at radius 1 is 1.50 bits per heavy atom. The number of nitrogens with zero attached hydrogens (tertiary/aromatic N) is 1. The van der Waals surface area contributed by atoms with Crippen LogP contribution in [0.1, 0.15) is 24.2 Å². The lowest BCUT2D eigenvalue weighted by Gasteiger charge is -2.42. The maximum atomic E-state index is 13.7. The minimum atomic E-state index is -0.686. The number of carbonyl (C=O) groups is 1. The molecule has 1 aromatic carbocycles. The third kappa shape index (κ3) is 2.31. The molecule has 18 heavy (non-hydrogen) atoms. The van der Waals surface area contributed by atoms with E-state index in [1.54, 1.807) is 4.90 Å². The van der Waals surface area contributed by atoms with Crippen LogP contribution in [0, 0.1) is 5.82 Å². The van der Waals surface area contributed by atoms with Crippen LogP contribution in [0.2, 0.25) is 0 Å². The number of nitrogens with one attached hydrogen (secondary N) is 1. The molecule has 0 unspecified atom stereocenters. The number of halogens is 1. The highest BCUT2D eigenvalue weighted by Gasteiger charge is 2.34. The molecule has 2 rings (SSSR count). The van der Waals surface area contributed by atoms with E-state index in [2.05, 4.69) is 5.32 Å². The molecule has 4 nitrogen and oxygen atoms in total. The Hall–Kier alpha value is -1.62. The van der Waals surface area contributed by atoms with Crippen molar-refractivity contribution < 1.29 is 14.3 Å². The molecule has 0 radical (unpaired) electrons. The zero-order valence-electron chi connectivity index (χ0n) is 10.5. The summed E-state index contributed by atoms with van der Waals surface area (Å²) in [5.41, 5.74) is -0.345. The monoisotopic (exact) mass is 252 g/mol. The summed E-state index contributed by atoms with van der Waals surface area (Å²) in [5, 5.41) is 12.4. The molecule has 1 heterocycles. The van der Waals surface area contributed by atoms with Gasteiger partial charge in [0.15, 0.2) is 0 Å². The normalized spacial score (nSPS) is 18.7. The van der Waals surface area contributed by atoms with E-state index in [-0.39, 0.29) is 22.8 Å². The van der Waals surface area contributed by atoms with Crippen molar-refractivity contribution in [3.05, 3.63) is 29.6 Å². The number of carbonyl (C=O) groups excluding carboxylic acids is 1. The van der Waals surface area contributed by atoms with Crippen LogP contribution in [0.25, 0.3) is 0 Å². The van der Waals surface area contributed by atoms with Crippen LogP contribution < -0.4 is 5.32 Å². The standard InChI is InChI=1S/C13H17FN2O2/c1-13(2)8-15-5-6-16(13)12(18)10-4-3-9(17)7-11(10)14/h3-4,7,15,17H,5-6,8H2,1-2H3. The quantitative estimate of drug-likeness (QED) is 0.793. The zero-order valence-corrected chi connectivity index (χ0v) is 10.5. The molecule has 0 spiro atoms. The van der Waals surface area contributed by atoms with Gasteiger partial charge in [-0.05, 0) is 26.0 Å². The average molecular weight is 252 g/mol. The van der Waals surface area contributed by atoms with Gasteiger partial charge in [0.2, 0.25) is 0 Å². The molecule has 2 N–H and O–H groups in total. The van der Waals surface area contributed by atoms with Crippen LogP contribution in [-0.2, 0) is 0 Å². The average Bonchev–Trinajstić information content (AvgIpc) is 2.27. The van der Waals surface area contributed by atoms with Crippen molar-refractivity contribution >= 4 is 5.91 Å². The fourth-order valence-electron chi connectivity index (χ4n) is 2.18. The number of amides is 1. The third-order valence-electron chi connectivity index (χ3n) is 3.23. The van der Waals surface area contributed by atoms with E-state index >= 15 is 0 Å². The van der Waals surface area contributed by atoms with Gasteiger partial charge < -0.3 is 15.3 Å². The number of aromatic hydroxyl groups is 1. The first-order chi connectivity index (χ1) is 8.42. The number of phenols is 1. The number of piperazine rings is 1. The third-order valence-corrected chi connectivity index (χ3v) is 3.23. The van der Waals surface area contributed by atoms with E-state index in [4.69, 9.17) is 5.11 Å². The maximum Gasteiger partial charge on any atom is 0.257 e. The fourth-order valence-corrected chi connectivity index (χ4v) is 2.18. The molecule has 5 heteroatoms. The summed E-state index contributed by atoms with van der Waals surface area (Å²) in [6.07, 6.45) is 0. The molecule has 0 atom stereocenters. The van der Waals surface area contributed by atoms with Crippen LogP contribution in [-0.4, -0.2) is 41.1 Å². The predicted molar refractivity (Wildman–Crippen MR) is 66.1 cm³/mol. The first kappa shape index (κ1) is 12.8. The molecule has 0 saturated carbocycles. The molecule has 1 amide bonds. The number of rotatable bonds is 1. The van der Waals surface area contributed by atoms with Crippen LogP contribution in [0.3, 0.4) is 0 Å². The van der Waals surface area contributed by atoms with Crippen molar-refractivity contribution in [3.8, 4) is 5.75 Å². The van der Waals surface area contributed by atoms with Gasteiger partial charge in [-0.25, -0.2) is 4.39 Å². The Morgan fingerprint density at radius 2 is 2.22 bits per heavy atom. The van der Waals surface area contributed by atoms with E-state index in [1.807, 2.05) is 13.8 Å². The Labute approximate surface area is 105 Å². The summed E-state index contributed by atoms with van der Waals surface area (Å²) < 4.78 is 13.7. The van der Waals surface area contributed by atoms with Gasteiger partial charge in [-0.3, -0.25) is 4.79 Å². The Balaban J connectivity index is 2.30. The first-order valence-electron chi connectivity index (χ1n) is 5.93. The number of benzene rings is 1. The predicted octanol–water partition coefficient (Wildman–Crippen LogP) is 1.36. The number of hydrogen-bond donors (Lipinski definition) is 2. The molecule has 1 aromatic rings. The van der Waals surface area contributed by atoms with Crippen LogP contribution >= 0.6 is 0 Å². The highest BCUT2D eigenvalue weighted by atomic mass is 19.1. The molecule has 0 aromatic heterocycles. The molecule has 0 aliphatic carbocycles. The van der Waals surface area contributed by atoms with Crippen molar-refractivity contribution in [1.29, 1.82) is 0 Å². The lowest BCUT2D eigenvalue weighted by molar-refractivity contribution is 0.0473. The smallest absolute Gasteiger partial charge is 0.257 e. The second-order valence-corrected chi connectivity index (χ2v) is 5.11. The molecular formula is C13H17FN2O2. The summed E-state index contributed by atoms with van der Waals surface area (Å²) >= 11 is 0. The van der Waals surface area contributed by atoms with Crippen molar-refractivity contribution in [3.63, 3.8) is 0 Å². The SMILES string of the molecule is CC1(C)CNCCN1C(=O)c1ccc(O)cc1F. The number of hydrogen-bond acceptors (Lipinski definition) is 3. The molecule has 1 aliphatic heterocycles. The van der Waals surface area contributed by atoms with Gasteiger partial charge >= 0.3 is 0 Å². The highest BCUT2D eigenvalue weighted by Crippen LogP contribution is 2.22. The van der Waals surface area contributed by atoms with Gasteiger partial charge in [0.25, 0.3) is 5.91 Å². The second-order valence-electron chi connectivity index (χ2n) is 5.11. The van der Waals surface area contributed by atoms with Crippen molar-refractivity contribution in [1.82, 2.24) is 10.2 Å².